The van der Waals surface area contributed by atoms with Crippen LogP contribution in [0.2, 0.25) is 0 Å². The first-order valence-corrected chi connectivity index (χ1v) is 9.97. The Hall–Kier alpha value is -0.720. The maximum Gasteiger partial charge on any atom is 0.211 e. The van der Waals surface area contributed by atoms with Crippen LogP contribution in [0.4, 0.5) is 0 Å². The van der Waals surface area contributed by atoms with Gasteiger partial charge in [-0.05, 0) is 30.5 Å². The van der Waals surface area contributed by atoms with E-state index in [1.807, 2.05) is 0 Å². The molecule has 5 nitrogen and oxygen atoms in total. The monoisotopic (exact) mass is 365 g/mol. The number of nitrogens with two attached hydrogens (primary N) is 1. The lowest BCUT2D eigenvalue weighted by molar-refractivity contribution is -0.187. The molecule has 0 amide bonds. The van der Waals surface area contributed by atoms with E-state index < -0.39 is 5.79 Å². The van der Waals surface area contributed by atoms with Crippen LogP contribution in [0.5, 0.6) is 0 Å². The van der Waals surface area contributed by atoms with Gasteiger partial charge in [-0.3, -0.25) is 9.80 Å². The maximum atomic E-state index is 6.51. The number of likely N-dealkylation sites (N-methyl/N-ethyl adjacent to an activating group) is 1. The summed E-state index contributed by atoms with van der Waals surface area (Å²) in [5.74, 6) is -0.873. The second-order valence-corrected chi connectivity index (χ2v) is 8.54. The minimum Gasteiger partial charge on any atom is -0.348 e. The Morgan fingerprint density at radius 3 is 2.35 bits per heavy atom. The summed E-state index contributed by atoms with van der Waals surface area (Å²) < 4.78 is 11.7. The fraction of sp³-hybridized carbons (Fsp3) is 0.810. The van der Waals surface area contributed by atoms with Crippen LogP contribution in [0.1, 0.15) is 41.0 Å². The second-order valence-electron chi connectivity index (χ2n) is 8.54. The van der Waals surface area contributed by atoms with Gasteiger partial charge in [-0.2, -0.15) is 0 Å². The van der Waals surface area contributed by atoms with Gasteiger partial charge in [0.15, 0.2) is 0 Å². The summed E-state index contributed by atoms with van der Waals surface area (Å²) in [6.45, 7) is 16.4. The predicted octanol–water partition coefficient (Wildman–Crippen LogP) is 2.63. The summed E-state index contributed by atoms with van der Waals surface area (Å²) in [6.07, 6.45) is 5.57. The van der Waals surface area contributed by atoms with Gasteiger partial charge in [-0.25, -0.2) is 0 Å². The van der Waals surface area contributed by atoms with Crippen molar-refractivity contribution in [2.24, 2.45) is 11.1 Å². The zero-order valence-corrected chi connectivity index (χ0v) is 17.8. The molecule has 0 radical (unpaired) electrons. The third kappa shape index (κ3) is 4.23. The van der Waals surface area contributed by atoms with Gasteiger partial charge in [0, 0.05) is 45.5 Å². The minimum absolute atomic E-state index is 0.0469. The maximum absolute atomic E-state index is 6.51. The number of hydrogen-bond acceptors (Lipinski definition) is 5. The number of allylic oxidation sites excluding steroid dienone is 2. The quantitative estimate of drug-likeness (QED) is 0.703. The molecule has 0 saturated carbocycles. The Bertz CT molecular complexity index is 528. The fourth-order valence-electron chi connectivity index (χ4n) is 4.33. The average molecular weight is 366 g/mol. The van der Waals surface area contributed by atoms with Crippen molar-refractivity contribution in [3.8, 4) is 0 Å². The molecule has 1 saturated heterocycles. The summed E-state index contributed by atoms with van der Waals surface area (Å²) in [7, 11) is 3.38. The van der Waals surface area contributed by atoms with E-state index in [2.05, 4.69) is 56.6 Å². The fourth-order valence-corrected chi connectivity index (χ4v) is 4.33. The molecule has 1 fully saturated rings. The Morgan fingerprint density at radius 2 is 1.85 bits per heavy atom. The van der Waals surface area contributed by atoms with Crippen molar-refractivity contribution >= 4 is 0 Å². The molecule has 1 heterocycles. The number of methoxy groups -OCH3 is 2. The highest BCUT2D eigenvalue weighted by molar-refractivity contribution is 5.40. The molecular formula is C21H39N3O2. The van der Waals surface area contributed by atoms with Crippen molar-refractivity contribution in [3.63, 3.8) is 0 Å². The van der Waals surface area contributed by atoms with E-state index in [0.29, 0.717) is 6.04 Å². The van der Waals surface area contributed by atoms with E-state index in [-0.39, 0.29) is 11.5 Å². The molecule has 1 aliphatic heterocycles. The van der Waals surface area contributed by atoms with Gasteiger partial charge in [-0.15, -0.1) is 0 Å². The van der Waals surface area contributed by atoms with Crippen LogP contribution in [0.25, 0.3) is 0 Å². The Morgan fingerprint density at radius 1 is 1.23 bits per heavy atom. The number of rotatable bonds is 7. The van der Waals surface area contributed by atoms with E-state index in [0.717, 1.165) is 38.3 Å². The van der Waals surface area contributed by atoms with E-state index in [9.17, 15) is 0 Å². The predicted molar refractivity (Wildman–Crippen MR) is 108 cm³/mol. The summed E-state index contributed by atoms with van der Waals surface area (Å²) in [4.78, 5) is 5.07. The van der Waals surface area contributed by atoms with Gasteiger partial charge in [0.2, 0.25) is 5.79 Å². The number of ether oxygens (including phenoxy) is 2. The summed E-state index contributed by atoms with van der Waals surface area (Å²) in [6, 6.07) is 0.327. The molecule has 0 bridgehead atoms. The van der Waals surface area contributed by atoms with Crippen molar-refractivity contribution in [2.45, 2.75) is 58.9 Å². The topological polar surface area (TPSA) is 51.0 Å². The Kier molecular flexibility index (Phi) is 7.08. The molecule has 2 unspecified atom stereocenters. The molecule has 0 aromatic heterocycles. The lowest BCUT2D eigenvalue weighted by atomic mass is 9.78. The molecule has 150 valence electrons. The third-order valence-corrected chi connectivity index (χ3v) is 6.02. The van der Waals surface area contributed by atoms with Crippen molar-refractivity contribution in [1.82, 2.24) is 9.80 Å². The highest BCUT2D eigenvalue weighted by Gasteiger charge is 2.44. The van der Waals surface area contributed by atoms with Crippen LogP contribution in [0.15, 0.2) is 23.3 Å². The molecule has 2 rings (SSSR count). The third-order valence-electron chi connectivity index (χ3n) is 6.02. The van der Waals surface area contributed by atoms with Crippen molar-refractivity contribution in [1.29, 1.82) is 0 Å². The molecule has 0 aromatic rings. The smallest absolute Gasteiger partial charge is 0.211 e. The Labute approximate surface area is 160 Å². The standard InChI is InChI=1S/C21H39N3O2/c1-8-24(9-2)18-10-11-23(15-18)14-17-12-16(20(3,4)5)13-19(22)21(17,25-6)26-7/h12-13,18-19H,8-11,14-15,22H2,1-7H3. The molecule has 0 aromatic carbocycles. The molecule has 5 heteroatoms. The summed E-state index contributed by atoms with van der Waals surface area (Å²) in [5.41, 5.74) is 8.94. The van der Waals surface area contributed by atoms with Gasteiger partial charge in [0.25, 0.3) is 0 Å². The van der Waals surface area contributed by atoms with Crippen molar-refractivity contribution in [3.05, 3.63) is 23.3 Å². The first-order chi connectivity index (χ1) is 12.2. The van der Waals surface area contributed by atoms with Crippen LogP contribution in [-0.2, 0) is 9.47 Å². The van der Waals surface area contributed by atoms with Gasteiger partial charge in [0.1, 0.15) is 0 Å². The number of likely N-dealkylation sites (tertiary alicyclic amines) is 1. The van der Waals surface area contributed by atoms with E-state index >= 15 is 0 Å². The highest BCUT2D eigenvalue weighted by atomic mass is 16.7. The van der Waals surface area contributed by atoms with Crippen LogP contribution in [0.3, 0.4) is 0 Å². The summed E-state index contributed by atoms with van der Waals surface area (Å²) in [5, 5.41) is 0. The second kappa shape index (κ2) is 8.53. The largest absolute Gasteiger partial charge is 0.348 e. The van der Waals surface area contributed by atoms with E-state index in [1.165, 1.54) is 12.0 Å². The number of nitrogens with zero attached hydrogens (tertiary/aromatic N) is 2. The summed E-state index contributed by atoms with van der Waals surface area (Å²) >= 11 is 0. The Balaban J connectivity index is 2.23. The van der Waals surface area contributed by atoms with Gasteiger partial charge in [0.05, 0.1) is 6.04 Å². The van der Waals surface area contributed by atoms with Crippen LogP contribution >= 0.6 is 0 Å². The average Bonchev–Trinajstić information content (AvgIpc) is 3.04. The number of hydrogen-bond donors (Lipinski definition) is 1. The first kappa shape index (κ1) is 21.6. The lowest BCUT2D eigenvalue weighted by Gasteiger charge is -2.42. The van der Waals surface area contributed by atoms with Crippen LogP contribution in [-0.4, -0.2) is 74.6 Å². The van der Waals surface area contributed by atoms with E-state index in [1.54, 1.807) is 14.2 Å². The molecule has 1 aliphatic carbocycles. The van der Waals surface area contributed by atoms with Crippen LogP contribution in [0, 0.1) is 5.41 Å². The molecular weight excluding hydrogens is 326 g/mol. The van der Waals surface area contributed by atoms with Crippen molar-refractivity contribution in [2.75, 3.05) is 46.9 Å². The van der Waals surface area contributed by atoms with Gasteiger partial charge in [-0.1, -0.05) is 46.8 Å². The molecule has 2 N–H and O–H groups in total. The molecule has 2 aliphatic rings. The first-order valence-electron chi connectivity index (χ1n) is 9.97. The zero-order chi connectivity index (χ0) is 19.5. The zero-order valence-electron chi connectivity index (χ0n) is 17.8. The van der Waals surface area contributed by atoms with E-state index in [4.69, 9.17) is 15.2 Å². The van der Waals surface area contributed by atoms with Gasteiger partial charge < -0.3 is 15.2 Å². The normalized spacial score (nSPS) is 27.0. The van der Waals surface area contributed by atoms with Crippen molar-refractivity contribution < 1.29 is 9.47 Å². The van der Waals surface area contributed by atoms with Gasteiger partial charge >= 0.3 is 0 Å². The highest BCUT2D eigenvalue weighted by Crippen LogP contribution is 2.38. The molecule has 0 spiro atoms. The molecule has 26 heavy (non-hydrogen) atoms. The SMILES string of the molecule is CCN(CC)C1CCN(CC2=CC(C(C)(C)C)=CC(N)C2(OC)OC)C1. The molecule has 2 atom stereocenters. The van der Waals surface area contributed by atoms with Crippen LogP contribution < -0.4 is 5.73 Å². The minimum atomic E-state index is -0.873. The lowest BCUT2D eigenvalue weighted by Crippen LogP contribution is -2.55.